The second kappa shape index (κ2) is 12.3. The van der Waals surface area contributed by atoms with Crippen LogP contribution in [-0.2, 0) is 6.42 Å². The lowest BCUT2D eigenvalue weighted by molar-refractivity contribution is 0.0954. The highest BCUT2D eigenvalue weighted by atomic mass is 16.5. The number of nitrogens with zero attached hydrogens (tertiary/aromatic N) is 1. The van der Waals surface area contributed by atoms with Gasteiger partial charge in [0.25, 0.3) is 5.91 Å². The zero-order valence-electron chi connectivity index (χ0n) is 21.5. The number of hydrogen-bond acceptors (Lipinski definition) is 4. The van der Waals surface area contributed by atoms with Crippen LogP contribution in [-0.4, -0.2) is 50.2 Å². The maximum Gasteiger partial charge on any atom is 0.251 e. The van der Waals surface area contributed by atoms with Gasteiger partial charge in [0.05, 0.1) is 14.2 Å². The fourth-order valence-electron chi connectivity index (χ4n) is 5.81. The molecular weight excluding hydrogens is 436 g/mol. The summed E-state index contributed by atoms with van der Waals surface area (Å²) in [5.74, 6) is 1.30. The maximum atomic E-state index is 13.4. The van der Waals surface area contributed by atoms with Crippen molar-refractivity contribution in [2.24, 2.45) is 0 Å². The zero-order valence-corrected chi connectivity index (χ0v) is 21.5. The second-order valence-corrected chi connectivity index (χ2v) is 9.94. The highest BCUT2D eigenvalue weighted by molar-refractivity contribution is 5.97. The Hall–Kier alpha value is -2.79. The van der Waals surface area contributed by atoms with E-state index in [1.165, 1.54) is 38.5 Å². The number of carbonyl (C=O) groups excluding carboxylic acids is 1. The van der Waals surface area contributed by atoms with Crippen molar-refractivity contribution in [1.29, 1.82) is 0 Å². The van der Waals surface area contributed by atoms with Crippen LogP contribution in [0.25, 0.3) is 6.08 Å². The van der Waals surface area contributed by atoms with E-state index in [9.17, 15) is 4.79 Å². The van der Waals surface area contributed by atoms with Crippen molar-refractivity contribution in [2.75, 3.05) is 27.3 Å². The summed E-state index contributed by atoms with van der Waals surface area (Å²) in [6.07, 6.45) is 11.9. The van der Waals surface area contributed by atoms with E-state index in [0.717, 1.165) is 36.1 Å². The van der Waals surface area contributed by atoms with Crippen LogP contribution in [0.3, 0.4) is 0 Å². The van der Waals surface area contributed by atoms with E-state index >= 15 is 0 Å². The van der Waals surface area contributed by atoms with Gasteiger partial charge in [0, 0.05) is 29.8 Å². The Morgan fingerprint density at radius 2 is 1.77 bits per heavy atom. The number of amides is 1. The molecule has 1 saturated carbocycles. The molecule has 1 N–H and O–H groups in total. The maximum absolute atomic E-state index is 13.4. The predicted octanol–water partition coefficient (Wildman–Crippen LogP) is 5.88. The van der Waals surface area contributed by atoms with Gasteiger partial charge in [-0.05, 0) is 63.3 Å². The molecule has 0 bridgehead atoms. The normalized spacial score (nSPS) is 19.5. The first-order valence-electron chi connectivity index (χ1n) is 13.1. The van der Waals surface area contributed by atoms with Crippen LogP contribution in [0.2, 0.25) is 0 Å². The quantitative estimate of drug-likeness (QED) is 0.491. The molecule has 5 nitrogen and oxygen atoms in total. The van der Waals surface area contributed by atoms with Gasteiger partial charge in [-0.1, -0.05) is 61.2 Å². The molecule has 1 saturated heterocycles. The molecule has 1 amide bonds. The molecule has 0 spiro atoms. The average Bonchev–Trinajstić information content (AvgIpc) is 3.36. The molecule has 2 fully saturated rings. The minimum atomic E-state index is -0.0658. The van der Waals surface area contributed by atoms with Gasteiger partial charge in [-0.3, -0.25) is 9.69 Å². The Bertz CT molecular complexity index is 1010. The summed E-state index contributed by atoms with van der Waals surface area (Å²) in [5.41, 5.74) is 3.88. The summed E-state index contributed by atoms with van der Waals surface area (Å²) in [4.78, 5) is 16.1. The molecule has 0 radical (unpaired) electrons. The lowest BCUT2D eigenvalue weighted by Gasteiger charge is -2.36. The molecule has 0 unspecified atom stereocenters. The van der Waals surface area contributed by atoms with Crippen LogP contribution >= 0.6 is 0 Å². The summed E-state index contributed by atoms with van der Waals surface area (Å²) >= 11 is 0. The molecule has 1 aliphatic heterocycles. The number of carbonyl (C=O) groups is 1. The number of methoxy groups -OCH3 is 2. The first kappa shape index (κ1) is 25.3. The van der Waals surface area contributed by atoms with E-state index in [1.807, 2.05) is 37.3 Å². The summed E-state index contributed by atoms with van der Waals surface area (Å²) in [7, 11) is 3.33. The standard InChI is InChI=1S/C30H40N2O3/c1-22(19-23-11-6-4-7-12-23)21-31-30(33)26-16-17-28(34-2)29(35-3)27(26)20-25-15-10-18-32(25)24-13-8-5-9-14-24/h4,6-7,11-12,16-17,19,24-25H,5,8-10,13-15,18,20-21H2,1-3H3,(H,31,33)/t25-/m0/s1. The van der Waals surface area contributed by atoms with Gasteiger partial charge in [-0.25, -0.2) is 0 Å². The summed E-state index contributed by atoms with van der Waals surface area (Å²) in [6, 6.07) is 15.0. The Morgan fingerprint density at radius 1 is 1.00 bits per heavy atom. The Balaban J connectivity index is 1.54. The summed E-state index contributed by atoms with van der Waals surface area (Å²) in [5, 5.41) is 3.13. The van der Waals surface area contributed by atoms with E-state index in [2.05, 4.69) is 28.4 Å². The van der Waals surface area contributed by atoms with Crippen molar-refractivity contribution in [3.8, 4) is 11.5 Å². The average molecular weight is 477 g/mol. The first-order valence-corrected chi connectivity index (χ1v) is 13.1. The molecule has 0 aromatic heterocycles. The van der Waals surface area contributed by atoms with Crippen LogP contribution in [0, 0.1) is 0 Å². The van der Waals surface area contributed by atoms with Crippen molar-refractivity contribution >= 4 is 12.0 Å². The molecule has 5 heteroatoms. The van der Waals surface area contributed by atoms with Gasteiger partial charge < -0.3 is 14.8 Å². The number of likely N-dealkylation sites (tertiary alicyclic amines) is 1. The van der Waals surface area contributed by atoms with Crippen LogP contribution in [0.4, 0.5) is 0 Å². The van der Waals surface area contributed by atoms with Gasteiger partial charge in [0.15, 0.2) is 11.5 Å². The topological polar surface area (TPSA) is 50.8 Å². The third-order valence-corrected chi connectivity index (χ3v) is 7.54. The third kappa shape index (κ3) is 6.26. The fourth-order valence-corrected chi connectivity index (χ4v) is 5.81. The van der Waals surface area contributed by atoms with E-state index in [4.69, 9.17) is 9.47 Å². The third-order valence-electron chi connectivity index (χ3n) is 7.54. The van der Waals surface area contributed by atoms with Gasteiger partial charge in [-0.2, -0.15) is 0 Å². The fraction of sp³-hybridized carbons (Fsp3) is 0.500. The molecule has 1 atom stereocenters. The predicted molar refractivity (Wildman–Crippen MR) is 142 cm³/mol. The van der Waals surface area contributed by atoms with Crippen molar-refractivity contribution in [3.63, 3.8) is 0 Å². The molecule has 2 aromatic rings. The molecule has 188 valence electrons. The lowest BCUT2D eigenvalue weighted by Crippen LogP contribution is -2.41. The van der Waals surface area contributed by atoms with Crippen molar-refractivity contribution in [3.05, 3.63) is 64.7 Å². The number of hydrogen-bond donors (Lipinski definition) is 1. The Morgan fingerprint density at radius 3 is 2.49 bits per heavy atom. The van der Waals surface area contributed by atoms with Crippen molar-refractivity contribution < 1.29 is 14.3 Å². The van der Waals surface area contributed by atoms with Crippen molar-refractivity contribution in [2.45, 2.75) is 70.4 Å². The highest BCUT2D eigenvalue weighted by Crippen LogP contribution is 2.38. The van der Waals surface area contributed by atoms with Crippen molar-refractivity contribution in [1.82, 2.24) is 10.2 Å². The number of benzene rings is 2. The molecular formula is C30H40N2O3. The smallest absolute Gasteiger partial charge is 0.251 e. The highest BCUT2D eigenvalue weighted by Gasteiger charge is 2.33. The monoisotopic (exact) mass is 476 g/mol. The van der Waals surface area contributed by atoms with Gasteiger partial charge in [0.1, 0.15) is 0 Å². The van der Waals surface area contributed by atoms with Crippen LogP contribution < -0.4 is 14.8 Å². The van der Waals surface area contributed by atoms with E-state index in [-0.39, 0.29) is 5.91 Å². The summed E-state index contributed by atoms with van der Waals surface area (Å²) < 4.78 is 11.4. The molecule has 1 heterocycles. The van der Waals surface area contributed by atoms with Crippen LogP contribution in [0.5, 0.6) is 11.5 Å². The lowest BCUT2D eigenvalue weighted by atomic mass is 9.91. The molecule has 4 rings (SSSR count). The van der Waals surface area contributed by atoms with E-state index in [1.54, 1.807) is 14.2 Å². The van der Waals surface area contributed by atoms with Crippen LogP contribution in [0.1, 0.15) is 73.4 Å². The Kier molecular flexibility index (Phi) is 8.86. The molecule has 2 aliphatic rings. The van der Waals surface area contributed by atoms with Gasteiger partial charge in [-0.15, -0.1) is 0 Å². The minimum absolute atomic E-state index is 0.0658. The minimum Gasteiger partial charge on any atom is -0.493 e. The van der Waals surface area contributed by atoms with Crippen LogP contribution in [0.15, 0.2) is 48.0 Å². The number of nitrogens with one attached hydrogen (secondary N) is 1. The number of ether oxygens (including phenoxy) is 2. The first-order chi connectivity index (χ1) is 17.1. The number of rotatable bonds is 9. The SMILES string of the molecule is COc1ccc(C(=O)NCC(C)=Cc2ccccc2)c(C[C@@H]2CCCN2C2CCCCC2)c1OC. The largest absolute Gasteiger partial charge is 0.493 e. The van der Waals surface area contributed by atoms with Gasteiger partial charge in [0.2, 0.25) is 0 Å². The molecule has 35 heavy (non-hydrogen) atoms. The van der Waals surface area contributed by atoms with E-state index in [0.29, 0.717) is 35.7 Å². The zero-order chi connectivity index (χ0) is 24.6. The Labute approximate surface area is 210 Å². The summed E-state index contributed by atoms with van der Waals surface area (Å²) in [6.45, 7) is 3.70. The molecule has 2 aromatic carbocycles. The van der Waals surface area contributed by atoms with Gasteiger partial charge >= 0.3 is 0 Å². The van der Waals surface area contributed by atoms with E-state index < -0.39 is 0 Å². The second-order valence-electron chi connectivity index (χ2n) is 9.94. The molecule has 1 aliphatic carbocycles.